The first kappa shape index (κ1) is 12.7. The molecule has 1 aliphatic rings. The van der Waals surface area contributed by atoms with E-state index in [0.29, 0.717) is 17.1 Å². The van der Waals surface area contributed by atoms with Crippen molar-refractivity contribution in [2.24, 2.45) is 0 Å². The van der Waals surface area contributed by atoms with Crippen molar-refractivity contribution in [3.8, 4) is 11.5 Å². The zero-order valence-electron chi connectivity index (χ0n) is 11.4. The highest BCUT2D eigenvalue weighted by molar-refractivity contribution is 5.96. The minimum absolute atomic E-state index is 0.0152. The number of hydrogen-bond donors (Lipinski definition) is 0. The van der Waals surface area contributed by atoms with Crippen LogP contribution in [-0.4, -0.2) is 17.9 Å². The van der Waals surface area contributed by atoms with Gasteiger partial charge in [-0.05, 0) is 38.5 Å². The Bertz CT molecular complexity index is 472. The zero-order chi connectivity index (χ0) is 13.5. The van der Waals surface area contributed by atoms with Crippen LogP contribution in [0.2, 0.25) is 0 Å². The van der Waals surface area contributed by atoms with Gasteiger partial charge in [-0.25, -0.2) is 4.79 Å². The van der Waals surface area contributed by atoms with Gasteiger partial charge >= 0.3 is 5.97 Å². The number of cyclic esters (lactones) is 1. The maximum atomic E-state index is 12.0. The second-order valence-corrected chi connectivity index (χ2v) is 5.19. The molecule has 4 heteroatoms. The highest BCUT2D eigenvalue weighted by Crippen LogP contribution is 2.38. The molecule has 0 aromatic heterocycles. The molecule has 0 unspecified atom stereocenters. The molecule has 4 nitrogen and oxygen atoms in total. The minimum atomic E-state index is -0.938. The first-order chi connectivity index (χ1) is 8.28. The number of ether oxygens (including phenoxy) is 3. The third-order valence-electron chi connectivity index (χ3n) is 2.47. The fraction of sp³-hybridized carbons (Fsp3) is 0.500. The Morgan fingerprint density at radius 2 is 1.89 bits per heavy atom. The Hall–Kier alpha value is -1.71. The third kappa shape index (κ3) is 2.42. The smallest absolute Gasteiger partial charge is 0.349 e. The number of aryl methyl sites for hydroxylation is 1. The average Bonchev–Trinajstić information content (AvgIpc) is 2.11. The number of fused-ring (bicyclic) bond motifs is 1. The van der Waals surface area contributed by atoms with E-state index in [0.717, 1.165) is 5.56 Å². The summed E-state index contributed by atoms with van der Waals surface area (Å²) in [5.41, 5.74) is 1.35. The molecular weight excluding hydrogens is 232 g/mol. The van der Waals surface area contributed by atoms with Gasteiger partial charge in [0.2, 0.25) is 5.79 Å². The Morgan fingerprint density at radius 3 is 2.50 bits per heavy atom. The summed E-state index contributed by atoms with van der Waals surface area (Å²) in [6.07, 6.45) is -0.0152. The summed E-state index contributed by atoms with van der Waals surface area (Å²) in [6, 6.07) is 3.65. The van der Waals surface area contributed by atoms with Crippen LogP contribution >= 0.6 is 0 Å². The average molecular weight is 250 g/mol. The summed E-state index contributed by atoms with van der Waals surface area (Å²) >= 11 is 0. The van der Waals surface area contributed by atoms with Gasteiger partial charge in [-0.15, -0.1) is 0 Å². The molecule has 0 radical (unpaired) electrons. The molecule has 0 bridgehead atoms. The van der Waals surface area contributed by atoms with Crippen molar-refractivity contribution >= 4 is 5.97 Å². The fourth-order valence-corrected chi connectivity index (χ4v) is 1.91. The number of hydrogen-bond acceptors (Lipinski definition) is 4. The normalized spacial score (nSPS) is 16.9. The standard InChI is InChI=1S/C14H18O4/c1-8(2)16-10-6-9(3)7-11-12(10)13(15)18-14(4,5)17-11/h6-8H,1-5H3. The van der Waals surface area contributed by atoms with Crippen molar-refractivity contribution in [2.75, 3.05) is 0 Å². The van der Waals surface area contributed by atoms with Crippen LogP contribution < -0.4 is 9.47 Å². The zero-order valence-corrected chi connectivity index (χ0v) is 11.4. The summed E-state index contributed by atoms with van der Waals surface area (Å²) in [5.74, 6) is -0.309. The van der Waals surface area contributed by atoms with E-state index in [2.05, 4.69) is 0 Å². The van der Waals surface area contributed by atoms with E-state index in [4.69, 9.17) is 14.2 Å². The van der Waals surface area contributed by atoms with Gasteiger partial charge in [0.15, 0.2) is 0 Å². The predicted molar refractivity (Wildman–Crippen MR) is 67.1 cm³/mol. The van der Waals surface area contributed by atoms with Gasteiger partial charge in [0.25, 0.3) is 0 Å². The Labute approximate surface area is 107 Å². The molecule has 0 saturated carbocycles. The monoisotopic (exact) mass is 250 g/mol. The lowest BCUT2D eigenvalue weighted by atomic mass is 10.1. The van der Waals surface area contributed by atoms with Crippen molar-refractivity contribution in [1.82, 2.24) is 0 Å². The maximum Gasteiger partial charge on any atom is 0.349 e. The fourth-order valence-electron chi connectivity index (χ4n) is 1.91. The highest BCUT2D eigenvalue weighted by atomic mass is 16.7. The van der Waals surface area contributed by atoms with Crippen molar-refractivity contribution in [3.05, 3.63) is 23.3 Å². The van der Waals surface area contributed by atoms with Crippen LogP contribution in [0.4, 0.5) is 0 Å². The highest BCUT2D eigenvalue weighted by Gasteiger charge is 2.36. The van der Waals surface area contributed by atoms with E-state index >= 15 is 0 Å². The van der Waals surface area contributed by atoms with Gasteiger partial charge in [0.05, 0.1) is 6.10 Å². The predicted octanol–water partition coefficient (Wildman–Crippen LogP) is 3.07. The molecule has 1 heterocycles. The van der Waals surface area contributed by atoms with Gasteiger partial charge in [-0.2, -0.15) is 0 Å². The molecule has 0 aliphatic carbocycles. The Morgan fingerprint density at radius 1 is 1.22 bits per heavy atom. The molecule has 0 N–H and O–H groups in total. The molecule has 0 amide bonds. The van der Waals surface area contributed by atoms with Gasteiger partial charge in [-0.3, -0.25) is 0 Å². The number of rotatable bonds is 2. The molecule has 1 aliphatic heterocycles. The largest absolute Gasteiger partial charge is 0.490 e. The van der Waals surface area contributed by atoms with Crippen LogP contribution in [-0.2, 0) is 4.74 Å². The summed E-state index contributed by atoms with van der Waals surface area (Å²) < 4.78 is 16.5. The maximum absolute atomic E-state index is 12.0. The lowest BCUT2D eigenvalue weighted by molar-refractivity contribution is -0.127. The van der Waals surface area contributed by atoms with E-state index in [9.17, 15) is 4.79 Å². The molecule has 0 atom stereocenters. The first-order valence-electron chi connectivity index (χ1n) is 6.02. The van der Waals surface area contributed by atoms with Crippen molar-refractivity contribution in [2.45, 2.75) is 46.5 Å². The quantitative estimate of drug-likeness (QED) is 0.757. The molecule has 1 aromatic carbocycles. The second kappa shape index (κ2) is 4.19. The molecule has 0 fully saturated rings. The summed E-state index contributed by atoms with van der Waals surface area (Å²) in [6.45, 7) is 9.17. The summed E-state index contributed by atoms with van der Waals surface area (Å²) in [5, 5.41) is 0. The molecular formula is C14H18O4. The molecule has 18 heavy (non-hydrogen) atoms. The minimum Gasteiger partial charge on any atom is -0.490 e. The molecule has 0 spiro atoms. The third-order valence-corrected chi connectivity index (χ3v) is 2.47. The topological polar surface area (TPSA) is 44.8 Å². The van der Waals surface area contributed by atoms with E-state index < -0.39 is 11.8 Å². The number of carbonyl (C=O) groups is 1. The van der Waals surface area contributed by atoms with Gasteiger partial charge < -0.3 is 14.2 Å². The Kier molecular flexibility index (Phi) is 2.97. The Balaban J connectivity index is 2.52. The molecule has 2 rings (SSSR count). The van der Waals surface area contributed by atoms with Gasteiger partial charge in [0.1, 0.15) is 17.1 Å². The van der Waals surface area contributed by atoms with Crippen LogP contribution in [0, 0.1) is 6.92 Å². The lowest BCUT2D eigenvalue weighted by Gasteiger charge is -2.32. The summed E-state index contributed by atoms with van der Waals surface area (Å²) in [4.78, 5) is 12.0. The van der Waals surface area contributed by atoms with Gasteiger partial charge in [0, 0.05) is 13.8 Å². The molecule has 0 saturated heterocycles. The van der Waals surface area contributed by atoms with E-state index in [1.165, 1.54) is 0 Å². The van der Waals surface area contributed by atoms with Crippen LogP contribution in [0.15, 0.2) is 12.1 Å². The summed E-state index contributed by atoms with van der Waals surface area (Å²) in [7, 11) is 0. The van der Waals surface area contributed by atoms with Crippen LogP contribution in [0.5, 0.6) is 11.5 Å². The number of esters is 1. The lowest BCUT2D eigenvalue weighted by Crippen LogP contribution is -2.39. The van der Waals surface area contributed by atoms with Crippen LogP contribution in [0.1, 0.15) is 43.6 Å². The van der Waals surface area contributed by atoms with E-state index in [-0.39, 0.29) is 6.10 Å². The number of benzene rings is 1. The van der Waals surface area contributed by atoms with E-state index in [1.54, 1.807) is 13.8 Å². The van der Waals surface area contributed by atoms with Crippen molar-refractivity contribution in [3.63, 3.8) is 0 Å². The van der Waals surface area contributed by atoms with E-state index in [1.807, 2.05) is 32.9 Å². The van der Waals surface area contributed by atoms with Crippen molar-refractivity contribution < 1.29 is 19.0 Å². The second-order valence-electron chi connectivity index (χ2n) is 5.19. The van der Waals surface area contributed by atoms with Crippen LogP contribution in [0.25, 0.3) is 0 Å². The SMILES string of the molecule is Cc1cc(OC(C)C)c2c(c1)OC(C)(C)OC2=O. The van der Waals surface area contributed by atoms with Gasteiger partial charge in [-0.1, -0.05) is 0 Å². The first-order valence-corrected chi connectivity index (χ1v) is 6.02. The molecule has 1 aromatic rings. The van der Waals surface area contributed by atoms with Crippen LogP contribution in [0.3, 0.4) is 0 Å². The molecule has 98 valence electrons. The van der Waals surface area contributed by atoms with Crippen molar-refractivity contribution in [1.29, 1.82) is 0 Å². The number of carbonyl (C=O) groups excluding carboxylic acids is 1.